The molecule has 1 unspecified atom stereocenters. The van der Waals surface area contributed by atoms with Crippen molar-refractivity contribution in [3.8, 4) is 5.75 Å². The molecule has 1 atom stereocenters. The van der Waals surface area contributed by atoms with Crippen LogP contribution in [0, 0.1) is 0 Å². The van der Waals surface area contributed by atoms with E-state index in [-0.39, 0.29) is 4.75 Å². The number of aliphatic hydroxyl groups excluding tert-OH is 1. The van der Waals surface area contributed by atoms with Crippen molar-refractivity contribution in [1.82, 2.24) is 0 Å². The average molecular weight is 375 g/mol. The van der Waals surface area contributed by atoms with Crippen molar-refractivity contribution in [1.29, 1.82) is 0 Å². The minimum absolute atomic E-state index is 0.130. The Labute approximate surface area is 159 Å². The molecule has 2 nitrogen and oxygen atoms in total. The van der Waals surface area contributed by atoms with Crippen LogP contribution in [0.25, 0.3) is 0 Å². The lowest BCUT2D eigenvalue weighted by Crippen LogP contribution is -2.07. The highest BCUT2D eigenvalue weighted by molar-refractivity contribution is 8.00. The van der Waals surface area contributed by atoms with E-state index in [0.29, 0.717) is 6.42 Å². The van der Waals surface area contributed by atoms with Crippen molar-refractivity contribution in [2.45, 2.75) is 52.7 Å². The van der Waals surface area contributed by atoms with Crippen LogP contribution in [0.5, 0.6) is 5.75 Å². The van der Waals surface area contributed by atoms with Gasteiger partial charge in [-0.25, -0.2) is 0 Å². The number of hydrogen-bond donors (Lipinski definition) is 1. The summed E-state index contributed by atoms with van der Waals surface area (Å²) in [6.07, 6.45) is 1.76. The fourth-order valence-corrected chi connectivity index (χ4v) is 4.36. The van der Waals surface area contributed by atoms with E-state index in [0.717, 1.165) is 21.1 Å². The summed E-state index contributed by atoms with van der Waals surface area (Å²) in [7, 11) is 1.66. The lowest BCUT2D eigenvalue weighted by molar-refractivity contribution is 0.178. The quantitative estimate of drug-likeness (QED) is 0.452. The molecule has 2 rings (SSSR count). The summed E-state index contributed by atoms with van der Waals surface area (Å²) in [5, 5.41) is 10.6. The second-order valence-corrected chi connectivity index (χ2v) is 9.75. The minimum atomic E-state index is -0.543. The zero-order valence-electron chi connectivity index (χ0n) is 15.3. The molecule has 0 aliphatic heterocycles. The second-order valence-electron chi connectivity index (χ2n) is 6.73. The maximum Gasteiger partial charge on any atom is 0.118 e. The number of aliphatic hydroxyl groups is 1. The van der Waals surface area contributed by atoms with Gasteiger partial charge in [-0.05, 0) is 54.4 Å². The number of benzene rings is 2. The summed E-state index contributed by atoms with van der Waals surface area (Å²) in [6, 6.07) is 14.3. The van der Waals surface area contributed by atoms with Gasteiger partial charge in [0.25, 0.3) is 0 Å². The minimum Gasteiger partial charge on any atom is -0.497 e. The smallest absolute Gasteiger partial charge is 0.118 e. The van der Waals surface area contributed by atoms with Gasteiger partial charge in [0.2, 0.25) is 0 Å². The molecular formula is C21H26O2S2. The Hall–Kier alpha value is -1.36. The number of ether oxygens (including phenoxy) is 1. The molecule has 0 aliphatic carbocycles. The Kier molecular flexibility index (Phi) is 7.05. The molecule has 0 fully saturated rings. The Morgan fingerprint density at radius 1 is 1.12 bits per heavy atom. The van der Waals surface area contributed by atoms with Gasteiger partial charge in [-0.1, -0.05) is 38.6 Å². The molecular weight excluding hydrogens is 348 g/mol. The number of hydrogen-bond acceptors (Lipinski definition) is 4. The monoisotopic (exact) mass is 374 g/mol. The third kappa shape index (κ3) is 6.14. The summed E-state index contributed by atoms with van der Waals surface area (Å²) in [6.45, 7) is 10.3. The fraction of sp³-hybridized carbons (Fsp3) is 0.333. The van der Waals surface area contributed by atoms with Crippen LogP contribution in [0.1, 0.15) is 38.9 Å². The second kappa shape index (κ2) is 8.84. The molecule has 0 aliphatic rings. The number of thioether (sulfide) groups is 1. The predicted octanol–water partition coefficient (Wildman–Crippen LogP) is 6.35. The van der Waals surface area contributed by atoms with Crippen LogP contribution in [0.15, 0.2) is 69.8 Å². The van der Waals surface area contributed by atoms with Gasteiger partial charge >= 0.3 is 0 Å². The topological polar surface area (TPSA) is 29.5 Å². The van der Waals surface area contributed by atoms with E-state index in [1.165, 1.54) is 4.90 Å². The lowest BCUT2D eigenvalue weighted by Gasteiger charge is -2.20. The lowest BCUT2D eigenvalue weighted by atomic mass is 10.1. The maximum absolute atomic E-state index is 10.6. The molecule has 0 spiro atoms. The standard InChI is InChI=1S/C21H26O2S2/c1-6-7-19(22)18-14-17(25-21(2,3)4)12-13-20(18)24-16-10-8-15(23-5)9-11-16/h6,8-14,19,22H,1,7H2,2-5H3. The van der Waals surface area contributed by atoms with Gasteiger partial charge in [0, 0.05) is 19.4 Å². The third-order valence-corrected chi connectivity index (χ3v) is 5.64. The van der Waals surface area contributed by atoms with Crippen LogP contribution < -0.4 is 4.74 Å². The van der Waals surface area contributed by atoms with Gasteiger partial charge in [0.05, 0.1) is 13.2 Å². The molecule has 134 valence electrons. The normalized spacial score (nSPS) is 12.7. The summed E-state index contributed by atoms with van der Waals surface area (Å²) in [4.78, 5) is 3.35. The molecule has 2 aromatic rings. The molecule has 1 N–H and O–H groups in total. The average Bonchev–Trinajstić information content (AvgIpc) is 2.56. The van der Waals surface area contributed by atoms with E-state index in [9.17, 15) is 5.11 Å². The van der Waals surface area contributed by atoms with E-state index in [2.05, 4.69) is 45.5 Å². The van der Waals surface area contributed by atoms with Crippen LogP contribution in [0.4, 0.5) is 0 Å². The molecule has 0 saturated heterocycles. The van der Waals surface area contributed by atoms with E-state index >= 15 is 0 Å². The molecule has 0 radical (unpaired) electrons. The van der Waals surface area contributed by atoms with Gasteiger partial charge in [-0.15, -0.1) is 18.3 Å². The van der Waals surface area contributed by atoms with Gasteiger partial charge in [0.1, 0.15) is 5.75 Å². The Bertz CT molecular complexity index is 703. The first-order chi connectivity index (χ1) is 11.8. The summed E-state index contributed by atoms with van der Waals surface area (Å²) in [5.74, 6) is 0.841. The van der Waals surface area contributed by atoms with Crippen LogP contribution in [0.2, 0.25) is 0 Å². The van der Waals surface area contributed by atoms with E-state index in [1.54, 1.807) is 24.9 Å². The largest absolute Gasteiger partial charge is 0.497 e. The molecule has 0 heterocycles. The highest BCUT2D eigenvalue weighted by Crippen LogP contribution is 2.39. The summed E-state index contributed by atoms with van der Waals surface area (Å²) in [5.41, 5.74) is 0.954. The van der Waals surface area contributed by atoms with Crippen LogP contribution in [-0.4, -0.2) is 17.0 Å². The fourth-order valence-electron chi connectivity index (χ4n) is 2.35. The van der Waals surface area contributed by atoms with Crippen LogP contribution in [0.3, 0.4) is 0 Å². The number of methoxy groups -OCH3 is 1. The van der Waals surface area contributed by atoms with Gasteiger partial charge < -0.3 is 9.84 Å². The zero-order chi connectivity index (χ0) is 18.4. The van der Waals surface area contributed by atoms with Crippen molar-refractivity contribution < 1.29 is 9.84 Å². The van der Waals surface area contributed by atoms with Gasteiger partial charge in [-0.3, -0.25) is 0 Å². The molecule has 0 aromatic heterocycles. The summed E-state index contributed by atoms with van der Waals surface area (Å²) < 4.78 is 5.34. The molecule has 25 heavy (non-hydrogen) atoms. The SMILES string of the molecule is C=CCC(O)c1cc(SC(C)(C)C)ccc1Sc1ccc(OC)cc1. The first-order valence-electron chi connectivity index (χ1n) is 8.26. The van der Waals surface area contributed by atoms with E-state index in [1.807, 2.05) is 36.0 Å². The summed E-state index contributed by atoms with van der Waals surface area (Å²) >= 11 is 3.46. The van der Waals surface area contributed by atoms with Crippen molar-refractivity contribution in [3.05, 3.63) is 60.7 Å². The Morgan fingerprint density at radius 2 is 1.76 bits per heavy atom. The third-order valence-electron chi connectivity index (χ3n) is 3.44. The zero-order valence-corrected chi connectivity index (χ0v) is 16.9. The van der Waals surface area contributed by atoms with Crippen LogP contribution >= 0.6 is 23.5 Å². The molecule has 4 heteroatoms. The van der Waals surface area contributed by atoms with Crippen LogP contribution in [-0.2, 0) is 0 Å². The predicted molar refractivity (Wildman–Crippen MR) is 109 cm³/mol. The molecule has 2 aromatic carbocycles. The Balaban J connectivity index is 2.32. The molecule has 0 bridgehead atoms. The van der Waals surface area contributed by atoms with Crippen molar-refractivity contribution >= 4 is 23.5 Å². The van der Waals surface area contributed by atoms with E-state index < -0.39 is 6.10 Å². The van der Waals surface area contributed by atoms with Gasteiger partial charge in [-0.2, -0.15) is 0 Å². The first kappa shape index (κ1) is 20.0. The highest BCUT2D eigenvalue weighted by atomic mass is 32.2. The van der Waals surface area contributed by atoms with Crippen molar-refractivity contribution in [3.63, 3.8) is 0 Å². The van der Waals surface area contributed by atoms with Crippen molar-refractivity contribution in [2.24, 2.45) is 0 Å². The van der Waals surface area contributed by atoms with Gasteiger partial charge in [0.15, 0.2) is 0 Å². The molecule has 0 amide bonds. The number of rotatable bonds is 7. The Morgan fingerprint density at radius 3 is 2.32 bits per heavy atom. The first-order valence-corrected chi connectivity index (χ1v) is 9.89. The molecule has 0 saturated carbocycles. The highest BCUT2D eigenvalue weighted by Gasteiger charge is 2.17. The van der Waals surface area contributed by atoms with Crippen molar-refractivity contribution in [2.75, 3.05) is 7.11 Å². The maximum atomic E-state index is 10.6. The van der Waals surface area contributed by atoms with E-state index in [4.69, 9.17) is 4.74 Å².